The van der Waals surface area contributed by atoms with E-state index in [2.05, 4.69) is 0 Å². The van der Waals surface area contributed by atoms with Crippen molar-refractivity contribution in [1.82, 2.24) is 0 Å². The van der Waals surface area contributed by atoms with Crippen molar-refractivity contribution in [2.75, 3.05) is 19.8 Å². The first-order chi connectivity index (χ1) is 4.62. The maximum absolute atomic E-state index is 9.30. The van der Waals surface area contributed by atoms with Crippen LogP contribution in [0, 0.1) is 0 Å². The lowest BCUT2D eigenvalue weighted by molar-refractivity contribution is -0.216. The van der Waals surface area contributed by atoms with Crippen molar-refractivity contribution in [1.29, 1.82) is 0 Å². The van der Waals surface area contributed by atoms with Gasteiger partial charge in [-0.15, -0.1) is 0 Å². The molecule has 0 saturated carbocycles. The van der Waals surface area contributed by atoms with Gasteiger partial charge < -0.3 is 14.6 Å². The molecule has 10 heavy (non-hydrogen) atoms. The minimum atomic E-state index is -1.12. The highest BCUT2D eigenvalue weighted by atomic mass is 16.6. The van der Waals surface area contributed by atoms with Crippen LogP contribution in [0.1, 0.15) is 20.8 Å². The standard InChI is InChI=1S/C7H16O3/c1-4-9-6-7(3,8)10-5-2/h8H,4-6H2,1-3H3. The zero-order chi connectivity index (χ0) is 8.04. The number of hydrogen-bond donors (Lipinski definition) is 1. The molecule has 0 aliphatic heterocycles. The Morgan fingerprint density at radius 3 is 2.30 bits per heavy atom. The van der Waals surface area contributed by atoms with Crippen LogP contribution in [0.25, 0.3) is 0 Å². The zero-order valence-corrected chi connectivity index (χ0v) is 6.89. The Bertz CT molecular complexity index is 80.9. The topological polar surface area (TPSA) is 38.7 Å². The third kappa shape index (κ3) is 4.73. The van der Waals surface area contributed by atoms with Crippen LogP contribution in [0.2, 0.25) is 0 Å². The molecule has 62 valence electrons. The van der Waals surface area contributed by atoms with Gasteiger partial charge in [0.2, 0.25) is 0 Å². The average Bonchev–Trinajstić information content (AvgIpc) is 1.84. The zero-order valence-electron chi connectivity index (χ0n) is 6.89. The van der Waals surface area contributed by atoms with E-state index in [1.54, 1.807) is 6.92 Å². The highest BCUT2D eigenvalue weighted by Gasteiger charge is 2.19. The highest BCUT2D eigenvalue weighted by Crippen LogP contribution is 2.04. The molecule has 0 aromatic heterocycles. The summed E-state index contributed by atoms with van der Waals surface area (Å²) in [6, 6.07) is 0. The predicted molar refractivity (Wildman–Crippen MR) is 38.7 cm³/mol. The minimum absolute atomic E-state index is 0.233. The van der Waals surface area contributed by atoms with Crippen LogP contribution in [0.15, 0.2) is 0 Å². The minimum Gasteiger partial charge on any atom is -0.376 e. The summed E-state index contributed by atoms with van der Waals surface area (Å²) in [5.41, 5.74) is 0. The van der Waals surface area contributed by atoms with Gasteiger partial charge in [-0.25, -0.2) is 0 Å². The molecule has 3 heteroatoms. The van der Waals surface area contributed by atoms with E-state index >= 15 is 0 Å². The molecule has 0 radical (unpaired) electrons. The van der Waals surface area contributed by atoms with E-state index in [0.717, 1.165) is 0 Å². The summed E-state index contributed by atoms with van der Waals surface area (Å²) in [7, 11) is 0. The van der Waals surface area contributed by atoms with Gasteiger partial charge in [0, 0.05) is 13.2 Å². The van der Waals surface area contributed by atoms with Crippen molar-refractivity contribution in [3.8, 4) is 0 Å². The van der Waals surface area contributed by atoms with Crippen molar-refractivity contribution in [3.05, 3.63) is 0 Å². The van der Waals surface area contributed by atoms with Crippen molar-refractivity contribution >= 4 is 0 Å². The van der Waals surface area contributed by atoms with E-state index in [4.69, 9.17) is 9.47 Å². The molecule has 1 unspecified atom stereocenters. The van der Waals surface area contributed by atoms with E-state index < -0.39 is 5.79 Å². The lowest BCUT2D eigenvalue weighted by atomic mass is 10.3. The molecule has 0 aliphatic carbocycles. The van der Waals surface area contributed by atoms with Gasteiger partial charge in [0.1, 0.15) is 6.61 Å². The van der Waals surface area contributed by atoms with Crippen LogP contribution in [0.5, 0.6) is 0 Å². The molecule has 0 amide bonds. The second-order valence-electron chi connectivity index (χ2n) is 2.25. The van der Waals surface area contributed by atoms with E-state index in [9.17, 15) is 5.11 Å². The Morgan fingerprint density at radius 2 is 1.90 bits per heavy atom. The van der Waals surface area contributed by atoms with Crippen molar-refractivity contribution in [2.45, 2.75) is 26.6 Å². The summed E-state index contributed by atoms with van der Waals surface area (Å²) in [6.45, 7) is 6.63. The number of aliphatic hydroxyl groups is 1. The molecular formula is C7H16O3. The molecule has 1 atom stereocenters. The Balaban J connectivity index is 3.42. The molecule has 0 saturated heterocycles. The Labute approximate surface area is 62.0 Å². The Hall–Kier alpha value is -0.120. The van der Waals surface area contributed by atoms with E-state index in [0.29, 0.717) is 13.2 Å². The van der Waals surface area contributed by atoms with Crippen LogP contribution >= 0.6 is 0 Å². The van der Waals surface area contributed by atoms with Gasteiger partial charge in [-0.3, -0.25) is 0 Å². The number of rotatable bonds is 5. The van der Waals surface area contributed by atoms with Crippen molar-refractivity contribution in [2.24, 2.45) is 0 Å². The molecule has 3 nitrogen and oxygen atoms in total. The third-order valence-corrected chi connectivity index (χ3v) is 1.03. The fraction of sp³-hybridized carbons (Fsp3) is 1.00. The first-order valence-corrected chi connectivity index (χ1v) is 3.56. The van der Waals surface area contributed by atoms with Gasteiger partial charge in [-0.1, -0.05) is 0 Å². The summed E-state index contributed by atoms with van der Waals surface area (Å²) in [5, 5.41) is 9.30. The summed E-state index contributed by atoms with van der Waals surface area (Å²) in [6.07, 6.45) is 0. The maximum atomic E-state index is 9.30. The molecule has 0 spiro atoms. The van der Waals surface area contributed by atoms with Crippen molar-refractivity contribution < 1.29 is 14.6 Å². The molecule has 1 N–H and O–H groups in total. The Kier molecular flexibility index (Phi) is 4.60. The van der Waals surface area contributed by atoms with Crippen LogP contribution in [0.4, 0.5) is 0 Å². The van der Waals surface area contributed by atoms with Crippen molar-refractivity contribution in [3.63, 3.8) is 0 Å². The molecule has 0 heterocycles. The molecular weight excluding hydrogens is 132 g/mol. The summed E-state index contributed by atoms with van der Waals surface area (Å²) < 4.78 is 9.94. The first-order valence-electron chi connectivity index (χ1n) is 3.56. The monoisotopic (exact) mass is 148 g/mol. The van der Waals surface area contributed by atoms with Crippen LogP contribution in [-0.2, 0) is 9.47 Å². The van der Waals surface area contributed by atoms with Gasteiger partial charge in [-0.05, 0) is 20.8 Å². The molecule has 0 aromatic rings. The van der Waals surface area contributed by atoms with E-state index in [1.165, 1.54) is 0 Å². The normalized spacial score (nSPS) is 16.8. The second-order valence-corrected chi connectivity index (χ2v) is 2.25. The molecule has 0 rings (SSSR count). The lowest BCUT2D eigenvalue weighted by Gasteiger charge is -2.22. The third-order valence-electron chi connectivity index (χ3n) is 1.03. The summed E-state index contributed by atoms with van der Waals surface area (Å²) in [5.74, 6) is -1.12. The predicted octanol–water partition coefficient (Wildman–Crippen LogP) is 0.768. The summed E-state index contributed by atoms with van der Waals surface area (Å²) >= 11 is 0. The van der Waals surface area contributed by atoms with Gasteiger partial charge in [0.05, 0.1) is 0 Å². The van der Waals surface area contributed by atoms with Crippen LogP contribution in [-0.4, -0.2) is 30.7 Å². The van der Waals surface area contributed by atoms with E-state index in [-0.39, 0.29) is 6.61 Å². The fourth-order valence-electron chi connectivity index (χ4n) is 0.644. The van der Waals surface area contributed by atoms with Gasteiger partial charge in [0.25, 0.3) is 0 Å². The molecule has 0 bridgehead atoms. The van der Waals surface area contributed by atoms with Gasteiger partial charge in [-0.2, -0.15) is 0 Å². The van der Waals surface area contributed by atoms with Gasteiger partial charge >= 0.3 is 0 Å². The van der Waals surface area contributed by atoms with Crippen LogP contribution < -0.4 is 0 Å². The maximum Gasteiger partial charge on any atom is 0.186 e. The van der Waals surface area contributed by atoms with E-state index in [1.807, 2.05) is 13.8 Å². The smallest absolute Gasteiger partial charge is 0.186 e. The second kappa shape index (κ2) is 4.66. The fourth-order valence-corrected chi connectivity index (χ4v) is 0.644. The molecule has 0 aromatic carbocycles. The molecule has 0 aliphatic rings. The largest absolute Gasteiger partial charge is 0.376 e. The Morgan fingerprint density at radius 1 is 1.30 bits per heavy atom. The average molecular weight is 148 g/mol. The number of hydrogen-bond acceptors (Lipinski definition) is 3. The lowest BCUT2D eigenvalue weighted by Crippen LogP contribution is -2.34. The number of ether oxygens (including phenoxy) is 2. The molecule has 0 fully saturated rings. The highest BCUT2D eigenvalue weighted by molar-refractivity contribution is 4.56. The SMILES string of the molecule is CCOCC(C)(O)OCC. The summed E-state index contributed by atoms with van der Waals surface area (Å²) in [4.78, 5) is 0. The quantitative estimate of drug-likeness (QED) is 0.585. The van der Waals surface area contributed by atoms with Crippen LogP contribution in [0.3, 0.4) is 0 Å². The van der Waals surface area contributed by atoms with Gasteiger partial charge in [0.15, 0.2) is 5.79 Å². The first kappa shape index (κ1) is 9.88.